The summed E-state index contributed by atoms with van der Waals surface area (Å²) in [5, 5.41) is 45.9. The number of aliphatic carboxylic acids is 2. The minimum Gasteiger partial charge on any atom is -0.481 e. The van der Waals surface area contributed by atoms with Crippen LogP contribution < -0.4 is 43.0 Å². The molecule has 0 aliphatic carbocycles. The Morgan fingerprint density at radius 1 is 0.645 bits per heavy atom. The van der Waals surface area contributed by atoms with Crippen molar-refractivity contribution in [2.75, 3.05) is 12.3 Å². The fourth-order valence-electron chi connectivity index (χ4n) is 6.33. The highest BCUT2D eigenvalue weighted by Crippen LogP contribution is 2.21. The maximum atomic E-state index is 13.8. The largest absolute Gasteiger partial charge is 0.481 e. The third-order valence-electron chi connectivity index (χ3n) is 10.0. The number of amides is 8. The number of aliphatic hydroxyl groups is 1. The standard InChI is InChI=1S/C39H67N9O13S/c1-17(2)15-24(34(55)46-29(19(5)6)38(59)48-14-10-11-26(48)35(56)44-25(16-62)39(60)61)43-32(53)21(8)41-31(52)20(7)42-37(58)30(22(9)49)47-36(57)28(18(3)4)45-33(54)23(40)12-13-27(50)51/h17-26,28-30,49,62H,10-16,40H2,1-9H3,(H,41,52)(H,42,58)(H,43,53)(H,44,56)(H,45,54)(H,46,55)(H,47,57)(H,50,51)(H,60,61)/t20-,21-,22+,23-,24-,25-,26-,28-,29-,30-/m0/s1. The molecular formula is C39H67N9O13S. The molecule has 1 aliphatic heterocycles. The van der Waals surface area contributed by atoms with E-state index in [0.29, 0.717) is 6.42 Å². The summed E-state index contributed by atoms with van der Waals surface area (Å²) in [5.41, 5.74) is 5.76. The number of carboxylic acid groups (broad SMARTS) is 2. The van der Waals surface area contributed by atoms with Gasteiger partial charge in [0.05, 0.1) is 12.1 Å². The molecule has 1 aliphatic rings. The van der Waals surface area contributed by atoms with Crippen LogP contribution in [0.5, 0.6) is 0 Å². The second-order valence-electron chi connectivity index (χ2n) is 16.6. The van der Waals surface area contributed by atoms with Crippen molar-refractivity contribution in [2.24, 2.45) is 23.5 Å². The van der Waals surface area contributed by atoms with Gasteiger partial charge >= 0.3 is 11.9 Å². The number of likely N-dealkylation sites (tertiary alicyclic amines) is 1. The number of hydrogen-bond acceptors (Lipinski definition) is 13. The topological polar surface area (TPSA) is 345 Å². The van der Waals surface area contributed by atoms with Gasteiger partial charge in [-0.2, -0.15) is 12.6 Å². The van der Waals surface area contributed by atoms with Crippen molar-refractivity contribution in [1.82, 2.24) is 42.1 Å². The molecule has 10 atom stereocenters. The van der Waals surface area contributed by atoms with E-state index < -0.39 is 132 Å². The molecule has 1 heterocycles. The van der Waals surface area contributed by atoms with E-state index in [1.165, 1.54) is 25.7 Å². The fourth-order valence-corrected chi connectivity index (χ4v) is 6.58. The van der Waals surface area contributed by atoms with E-state index in [4.69, 9.17) is 10.8 Å². The van der Waals surface area contributed by atoms with Gasteiger partial charge in [-0.15, -0.1) is 0 Å². The lowest BCUT2D eigenvalue weighted by atomic mass is 9.99. The summed E-state index contributed by atoms with van der Waals surface area (Å²) >= 11 is 3.97. The summed E-state index contributed by atoms with van der Waals surface area (Å²) < 4.78 is 0. The monoisotopic (exact) mass is 901 g/mol. The van der Waals surface area contributed by atoms with Crippen molar-refractivity contribution in [1.29, 1.82) is 0 Å². The van der Waals surface area contributed by atoms with E-state index in [2.05, 4.69) is 49.8 Å². The van der Waals surface area contributed by atoms with Crippen LogP contribution in [0.3, 0.4) is 0 Å². The fraction of sp³-hybridized carbons (Fsp3) is 0.744. The predicted molar refractivity (Wildman–Crippen MR) is 227 cm³/mol. The molecule has 352 valence electrons. The molecule has 0 saturated carbocycles. The van der Waals surface area contributed by atoms with Crippen molar-refractivity contribution in [3.8, 4) is 0 Å². The Morgan fingerprint density at radius 3 is 1.63 bits per heavy atom. The van der Waals surface area contributed by atoms with E-state index in [1.807, 2.05) is 0 Å². The SMILES string of the molecule is CC(C)C[C@H](NC(=O)[C@H](C)NC(=O)[C@H](C)NC(=O)[C@@H](NC(=O)[C@@H](NC(=O)[C@@H](N)CCC(=O)O)C(C)C)[C@@H](C)O)C(=O)N[C@H](C(=O)N1CCC[C@H]1C(=O)N[C@@H](CS)C(=O)O)C(C)C. The van der Waals surface area contributed by atoms with Gasteiger partial charge in [-0.3, -0.25) is 43.2 Å². The van der Waals surface area contributed by atoms with Crippen LogP contribution in [0.1, 0.15) is 94.4 Å². The number of nitrogens with one attached hydrogen (secondary N) is 7. The van der Waals surface area contributed by atoms with Crippen molar-refractivity contribution in [2.45, 2.75) is 155 Å². The lowest BCUT2D eigenvalue weighted by Gasteiger charge is -2.32. The van der Waals surface area contributed by atoms with Gasteiger partial charge in [-0.1, -0.05) is 41.5 Å². The second kappa shape index (κ2) is 25.8. The van der Waals surface area contributed by atoms with Crippen LogP contribution in [0.15, 0.2) is 0 Å². The molecule has 22 nitrogen and oxygen atoms in total. The first-order valence-corrected chi connectivity index (χ1v) is 21.3. The molecule has 0 radical (unpaired) electrons. The van der Waals surface area contributed by atoms with Crippen LogP contribution in [-0.4, -0.2) is 152 Å². The van der Waals surface area contributed by atoms with E-state index in [1.54, 1.807) is 41.5 Å². The minimum atomic E-state index is -1.61. The maximum absolute atomic E-state index is 13.8. The quantitative estimate of drug-likeness (QED) is 0.0417. The first-order chi connectivity index (χ1) is 28.7. The molecule has 0 bridgehead atoms. The number of carbonyl (C=O) groups excluding carboxylic acids is 8. The average Bonchev–Trinajstić information content (AvgIpc) is 3.67. The lowest BCUT2D eigenvalue weighted by Crippen LogP contribution is -2.61. The molecule has 0 aromatic rings. The van der Waals surface area contributed by atoms with Crippen molar-refractivity contribution in [3.05, 3.63) is 0 Å². The summed E-state index contributed by atoms with van der Waals surface area (Å²) in [6.45, 7) is 14.2. The summed E-state index contributed by atoms with van der Waals surface area (Å²) in [4.78, 5) is 130. The molecular weight excluding hydrogens is 835 g/mol. The van der Waals surface area contributed by atoms with Crippen LogP contribution in [0.2, 0.25) is 0 Å². The Labute approximate surface area is 367 Å². The average molecular weight is 902 g/mol. The number of aliphatic hydroxyl groups excluding tert-OH is 1. The second-order valence-corrected chi connectivity index (χ2v) is 17.0. The smallest absolute Gasteiger partial charge is 0.327 e. The zero-order chi connectivity index (χ0) is 47.8. The van der Waals surface area contributed by atoms with Crippen LogP contribution >= 0.6 is 12.6 Å². The number of nitrogens with zero attached hydrogens (tertiary/aromatic N) is 1. The lowest BCUT2D eigenvalue weighted by molar-refractivity contribution is -0.145. The first kappa shape index (κ1) is 55.0. The highest BCUT2D eigenvalue weighted by Gasteiger charge is 2.41. The Morgan fingerprint density at radius 2 is 1.15 bits per heavy atom. The third-order valence-corrected chi connectivity index (χ3v) is 10.4. The number of carboxylic acids is 2. The van der Waals surface area contributed by atoms with E-state index in [0.717, 1.165) is 0 Å². The highest BCUT2D eigenvalue weighted by molar-refractivity contribution is 7.80. The zero-order valence-corrected chi connectivity index (χ0v) is 37.7. The molecule has 12 N–H and O–H groups in total. The summed E-state index contributed by atoms with van der Waals surface area (Å²) in [7, 11) is 0. The molecule has 0 unspecified atom stereocenters. The Hall–Kier alpha value is -5.03. The molecule has 0 spiro atoms. The molecule has 1 fully saturated rings. The number of hydrogen-bond donors (Lipinski definition) is 12. The first-order valence-electron chi connectivity index (χ1n) is 20.7. The van der Waals surface area contributed by atoms with Crippen molar-refractivity contribution < 1.29 is 63.3 Å². The van der Waals surface area contributed by atoms with Gasteiger partial charge < -0.3 is 63.2 Å². The number of nitrogens with two attached hydrogens (primary N) is 1. The van der Waals surface area contributed by atoms with Crippen LogP contribution in [-0.2, 0) is 47.9 Å². The van der Waals surface area contributed by atoms with E-state index >= 15 is 0 Å². The zero-order valence-electron chi connectivity index (χ0n) is 36.9. The van der Waals surface area contributed by atoms with Crippen LogP contribution in [0.25, 0.3) is 0 Å². The Bertz CT molecular complexity index is 1630. The van der Waals surface area contributed by atoms with Crippen molar-refractivity contribution in [3.63, 3.8) is 0 Å². The third kappa shape index (κ3) is 17.4. The highest BCUT2D eigenvalue weighted by atomic mass is 32.1. The predicted octanol–water partition coefficient (Wildman–Crippen LogP) is -2.64. The van der Waals surface area contributed by atoms with Gasteiger partial charge in [0.1, 0.15) is 48.3 Å². The van der Waals surface area contributed by atoms with E-state index in [-0.39, 0.29) is 43.9 Å². The van der Waals surface area contributed by atoms with Gasteiger partial charge in [0.25, 0.3) is 0 Å². The normalized spacial score (nSPS) is 18.2. The molecule has 62 heavy (non-hydrogen) atoms. The molecule has 23 heteroatoms. The summed E-state index contributed by atoms with van der Waals surface area (Å²) in [5.74, 6) is -9.94. The summed E-state index contributed by atoms with van der Waals surface area (Å²) in [6.07, 6.45) is -1.19. The number of rotatable bonds is 25. The van der Waals surface area contributed by atoms with Gasteiger partial charge in [-0.25, -0.2) is 4.79 Å². The molecule has 0 aromatic heterocycles. The molecule has 8 amide bonds. The summed E-state index contributed by atoms with van der Waals surface area (Å²) in [6, 6.07) is -11.2. The Balaban J connectivity index is 3.01. The van der Waals surface area contributed by atoms with Crippen LogP contribution in [0, 0.1) is 17.8 Å². The van der Waals surface area contributed by atoms with Crippen LogP contribution in [0.4, 0.5) is 0 Å². The van der Waals surface area contributed by atoms with Gasteiger partial charge in [0.2, 0.25) is 47.3 Å². The van der Waals surface area contributed by atoms with Crippen molar-refractivity contribution >= 4 is 71.8 Å². The van der Waals surface area contributed by atoms with Gasteiger partial charge in [0.15, 0.2) is 0 Å². The van der Waals surface area contributed by atoms with Gasteiger partial charge in [-0.05, 0) is 64.2 Å². The number of thiol groups is 1. The maximum Gasteiger partial charge on any atom is 0.327 e. The molecule has 1 rings (SSSR count). The molecule has 0 aromatic carbocycles. The van der Waals surface area contributed by atoms with E-state index in [9.17, 15) is 58.2 Å². The van der Waals surface area contributed by atoms with Gasteiger partial charge in [0, 0.05) is 18.7 Å². The Kier molecular flexibility index (Phi) is 22.9. The number of carbonyl (C=O) groups is 10. The molecule has 1 saturated heterocycles. The minimum absolute atomic E-state index is 0.129.